The Morgan fingerprint density at radius 1 is 0.924 bits per heavy atom. The van der Waals surface area contributed by atoms with Crippen LogP contribution in [0, 0.1) is 29.4 Å². The van der Waals surface area contributed by atoms with Crippen LogP contribution in [0.1, 0.15) is 120 Å². The number of likely N-dealkylation sites (tertiary alicyclic amines) is 2. The summed E-state index contributed by atoms with van der Waals surface area (Å²) in [4.78, 5) is 73.4. The Hall–Kier alpha value is -6.37. The minimum atomic E-state index is -0.913. The molecule has 6 fully saturated rings. The number of aromatic nitrogens is 3. The van der Waals surface area contributed by atoms with Gasteiger partial charge in [0.05, 0.1) is 27.7 Å². The van der Waals surface area contributed by atoms with E-state index in [9.17, 15) is 33.8 Å². The Balaban J connectivity index is 0.676. The summed E-state index contributed by atoms with van der Waals surface area (Å²) in [7, 11) is 0. The van der Waals surface area contributed by atoms with E-state index in [-0.39, 0.29) is 59.3 Å². The summed E-state index contributed by atoms with van der Waals surface area (Å²) in [6.07, 6.45) is 12.9. The zero-order valence-corrected chi connectivity index (χ0v) is 45.6. The maximum atomic E-state index is 15.6. The third kappa shape index (κ3) is 11.7. The molecule has 16 nitrogen and oxygen atoms in total. The Kier molecular flexibility index (Phi) is 15.9. The van der Waals surface area contributed by atoms with E-state index in [4.69, 9.17) is 24.4 Å². The molecule has 2 unspecified atom stereocenters. The third-order valence-corrected chi connectivity index (χ3v) is 18.4. The van der Waals surface area contributed by atoms with Crippen LogP contribution in [0.4, 0.5) is 19.4 Å². The summed E-state index contributed by atoms with van der Waals surface area (Å²) in [6.45, 7) is 10.5. The number of hydrogen-bond acceptors (Lipinski definition) is 14. The van der Waals surface area contributed by atoms with Crippen molar-refractivity contribution in [2.24, 2.45) is 17.8 Å². The predicted molar refractivity (Wildman–Crippen MR) is 295 cm³/mol. The van der Waals surface area contributed by atoms with Crippen LogP contribution in [-0.4, -0.2) is 147 Å². The van der Waals surface area contributed by atoms with E-state index in [1.165, 1.54) is 12.1 Å². The molecule has 6 aliphatic rings. The average Bonchev–Trinajstić information content (AvgIpc) is 4.25. The molecular formula is C61H74F2N8O8. The summed E-state index contributed by atoms with van der Waals surface area (Å²) < 4.78 is 43.1. The monoisotopic (exact) mass is 1080 g/mol. The Morgan fingerprint density at radius 2 is 1.73 bits per heavy atom. The fourth-order valence-electron chi connectivity index (χ4n) is 14.1. The standard InChI is InChI=1S/C61H74F2N8O8/c1-3-46-54(50-31-45(73)29-41-9-10-43(62)30-49(41)50)64-32-51-55(46)66-58(67-56(51)70-22-4-19-60(2,77)36-70)79-37-61-20-5-23-71(61)44(14-21-61)35-78-59(76)69-26-15-39(16-27-69)33-68-24-17-40(18-25-68)47-11-7-38(28-52(47)63)6-8-42(34-72)48-12-13-53(74)65-57(48)75/h7,9-11,28-32,34,39-40,42,44,48,73,77H,3-6,8,12-27,33,35-37H2,1-2H3,(H,65,74,75)/t42?,44-,48?,60+,61-/m0/s1. The van der Waals surface area contributed by atoms with Gasteiger partial charge in [-0.05, 0) is 181 Å². The molecule has 6 saturated heterocycles. The fourth-order valence-corrected chi connectivity index (χ4v) is 14.1. The second-order valence-corrected chi connectivity index (χ2v) is 23.7. The van der Waals surface area contributed by atoms with E-state index in [0.29, 0.717) is 111 Å². The van der Waals surface area contributed by atoms with E-state index in [0.717, 1.165) is 112 Å². The summed E-state index contributed by atoms with van der Waals surface area (Å²) >= 11 is 0. The molecule has 3 amide bonds. The number of carbonyl (C=O) groups excluding carboxylic acids is 4. The first-order valence-electron chi connectivity index (χ1n) is 28.9. The number of halogens is 2. The number of imide groups is 1. The van der Waals surface area contributed by atoms with Crippen LogP contribution in [0.2, 0.25) is 0 Å². The predicted octanol–water partition coefficient (Wildman–Crippen LogP) is 8.65. The summed E-state index contributed by atoms with van der Waals surface area (Å²) in [5.41, 5.74) is 2.98. The van der Waals surface area contributed by atoms with Gasteiger partial charge in [-0.25, -0.2) is 13.6 Å². The number of amides is 3. The molecule has 18 heteroatoms. The van der Waals surface area contributed by atoms with Crippen molar-refractivity contribution in [2.75, 3.05) is 70.5 Å². The molecule has 5 aromatic rings. The van der Waals surface area contributed by atoms with E-state index in [1.54, 1.807) is 30.5 Å². The maximum Gasteiger partial charge on any atom is 0.409 e. The number of rotatable bonds is 16. The van der Waals surface area contributed by atoms with Crippen LogP contribution >= 0.6 is 0 Å². The van der Waals surface area contributed by atoms with Crippen molar-refractivity contribution in [2.45, 2.75) is 133 Å². The van der Waals surface area contributed by atoms with Gasteiger partial charge in [0, 0.05) is 74.3 Å². The smallest absolute Gasteiger partial charge is 0.409 e. The number of fused-ring (bicyclic) bond motifs is 3. The number of pyridine rings is 1. The number of benzene rings is 3. The van der Waals surface area contributed by atoms with Crippen molar-refractivity contribution in [1.29, 1.82) is 0 Å². The molecule has 0 aliphatic carbocycles. The molecule has 0 bridgehead atoms. The molecule has 2 aromatic heterocycles. The molecule has 0 spiro atoms. The van der Waals surface area contributed by atoms with Gasteiger partial charge >= 0.3 is 12.1 Å². The summed E-state index contributed by atoms with van der Waals surface area (Å²) in [5.74, 6) is -1.11. The zero-order chi connectivity index (χ0) is 55.0. The van der Waals surface area contributed by atoms with Gasteiger partial charge in [0.1, 0.15) is 42.7 Å². The normalized spacial score (nSPS) is 25.0. The van der Waals surface area contributed by atoms with Gasteiger partial charge in [0.2, 0.25) is 11.8 Å². The lowest BCUT2D eigenvalue weighted by Crippen LogP contribution is -2.49. The number of β-amino-alcohol motifs (C(OH)–C–C–N with tert-alkyl or cyclic N) is 1. The first-order chi connectivity index (χ1) is 38.2. The number of piperidine rings is 4. The molecule has 5 atom stereocenters. The second-order valence-electron chi connectivity index (χ2n) is 23.7. The molecule has 0 radical (unpaired) electrons. The van der Waals surface area contributed by atoms with Crippen LogP contribution in [0.25, 0.3) is 32.9 Å². The summed E-state index contributed by atoms with van der Waals surface area (Å²) in [5, 5.41) is 26.4. The van der Waals surface area contributed by atoms with Gasteiger partial charge in [-0.2, -0.15) is 9.97 Å². The number of aldehydes is 1. The fraction of sp³-hybridized carbons (Fsp3) is 0.557. The number of carbonyl (C=O) groups is 4. The minimum absolute atomic E-state index is 0.0470. The van der Waals surface area contributed by atoms with Gasteiger partial charge in [-0.15, -0.1) is 0 Å². The highest BCUT2D eigenvalue weighted by Gasteiger charge is 2.50. The molecule has 3 aromatic carbocycles. The van der Waals surface area contributed by atoms with Crippen LogP contribution in [0.3, 0.4) is 0 Å². The van der Waals surface area contributed by atoms with Crippen molar-refractivity contribution in [3.63, 3.8) is 0 Å². The van der Waals surface area contributed by atoms with Gasteiger partial charge in [0.25, 0.3) is 0 Å². The Morgan fingerprint density at radius 3 is 2.49 bits per heavy atom. The van der Waals surface area contributed by atoms with Crippen molar-refractivity contribution in [3.05, 3.63) is 83.1 Å². The van der Waals surface area contributed by atoms with E-state index in [1.807, 2.05) is 30.9 Å². The lowest BCUT2D eigenvalue weighted by atomic mass is 9.82. The number of nitrogens with zero attached hydrogens (tertiary/aromatic N) is 7. The zero-order valence-electron chi connectivity index (χ0n) is 45.6. The van der Waals surface area contributed by atoms with E-state index in [2.05, 4.69) is 20.0 Å². The highest BCUT2D eigenvalue weighted by molar-refractivity contribution is 6.02. The lowest BCUT2D eigenvalue weighted by molar-refractivity contribution is -0.139. The Bertz CT molecular complexity index is 3110. The number of phenols is 1. The first kappa shape index (κ1) is 54.6. The van der Waals surface area contributed by atoms with E-state index >= 15 is 4.39 Å². The largest absolute Gasteiger partial charge is 0.508 e. The molecule has 11 rings (SSSR count). The molecule has 420 valence electrons. The molecule has 6 aliphatic heterocycles. The number of phenolic OH excluding ortho intramolecular Hbond substituents is 1. The topological polar surface area (TPSA) is 191 Å². The SMILES string of the molecule is CCc1c(-c2cc(O)cc3ccc(F)cc23)ncc2c(N3CCC[C@@](C)(O)C3)nc(OC[C@@]34CCCN3[C@H](COC(=O)N3CCC(CN5CCC(c6ccc(CCC(C=O)C7CCC(=O)NC7=O)cc6F)CC5)CC3)CC4)nc12. The van der Waals surface area contributed by atoms with Crippen molar-refractivity contribution >= 4 is 51.7 Å². The van der Waals surface area contributed by atoms with Gasteiger partial charge in [-0.1, -0.05) is 25.1 Å². The first-order valence-corrected chi connectivity index (χ1v) is 28.9. The number of ether oxygens (including phenoxy) is 2. The van der Waals surface area contributed by atoms with Gasteiger partial charge in [-0.3, -0.25) is 24.8 Å². The van der Waals surface area contributed by atoms with Crippen molar-refractivity contribution in [3.8, 4) is 23.0 Å². The molecule has 79 heavy (non-hydrogen) atoms. The summed E-state index contributed by atoms with van der Waals surface area (Å²) in [6, 6.07) is 13.4. The number of aliphatic hydroxyl groups is 1. The number of hydrogen-bond donors (Lipinski definition) is 3. The Labute approximate surface area is 460 Å². The second kappa shape index (κ2) is 23.0. The third-order valence-electron chi connectivity index (χ3n) is 18.4. The van der Waals surface area contributed by atoms with Crippen molar-refractivity contribution in [1.82, 2.24) is 35.0 Å². The van der Waals surface area contributed by atoms with Crippen LogP contribution in [0.5, 0.6) is 11.8 Å². The van der Waals surface area contributed by atoms with Crippen LogP contribution < -0.4 is 15.0 Å². The van der Waals surface area contributed by atoms with Crippen molar-refractivity contribution < 1.29 is 47.6 Å². The number of aromatic hydroxyl groups is 1. The molecule has 0 saturated carbocycles. The van der Waals surface area contributed by atoms with Crippen LogP contribution in [-0.2, 0) is 32.0 Å². The molecule has 8 heterocycles. The minimum Gasteiger partial charge on any atom is -0.508 e. The van der Waals surface area contributed by atoms with Gasteiger partial charge in [0.15, 0.2) is 0 Å². The molecule has 3 N–H and O–H groups in total. The van der Waals surface area contributed by atoms with Gasteiger partial charge < -0.3 is 39.2 Å². The maximum absolute atomic E-state index is 15.6. The quantitative estimate of drug-likeness (QED) is 0.0629. The highest BCUT2D eigenvalue weighted by Crippen LogP contribution is 2.44. The highest BCUT2D eigenvalue weighted by atomic mass is 19.1. The number of anilines is 1. The number of nitrogens with one attached hydrogen (secondary N) is 1. The molecular weight excluding hydrogens is 1010 g/mol. The van der Waals surface area contributed by atoms with Crippen LogP contribution in [0.15, 0.2) is 54.7 Å². The average molecular weight is 1090 g/mol. The lowest BCUT2D eigenvalue weighted by Gasteiger charge is -2.38. The van der Waals surface area contributed by atoms with E-state index < -0.39 is 23.3 Å². The number of aryl methyl sites for hydroxylation is 2.